The van der Waals surface area contributed by atoms with Crippen molar-refractivity contribution >= 4 is 67.0 Å². The Morgan fingerprint density at radius 1 is 1.10 bits per heavy atom. The Morgan fingerprint density at radius 2 is 1.85 bits per heavy atom. The van der Waals surface area contributed by atoms with Crippen LogP contribution in [0, 0.1) is 0 Å². The maximum atomic E-state index is 9.87. The second-order valence-electron chi connectivity index (χ2n) is 3.82. The quantitative estimate of drug-likeness (QED) is 0.479. The van der Waals surface area contributed by atoms with Crippen LogP contribution in [0.3, 0.4) is 0 Å². The van der Waals surface area contributed by atoms with Crippen LogP contribution in [0.5, 0.6) is 5.75 Å². The fourth-order valence-electron chi connectivity index (χ4n) is 1.43. The van der Waals surface area contributed by atoms with E-state index in [0.717, 1.165) is 4.47 Å². The van der Waals surface area contributed by atoms with Crippen molar-refractivity contribution in [3.05, 3.63) is 54.9 Å². The molecule has 0 radical (unpaired) electrons. The molecular weight excluding hydrogens is 431 g/mol. The summed E-state index contributed by atoms with van der Waals surface area (Å²) in [5, 5.41) is 14.8. The normalized spacial score (nSPS) is 11.0. The van der Waals surface area contributed by atoms with Gasteiger partial charge in [-0.1, -0.05) is 39.1 Å². The summed E-state index contributed by atoms with van der Waals surface area (Å²) in [7, 11) is 0. The highest BCUT2D eigenvalue weighted by atomic mass is 79.9. The summed E-state index contributed by atoms with van der Waals surface area (Å²) in [6.45, 7) is 0. The first-order valence-corrected chi connectivity index (χ1v) is 7.73. The van der Waals surface area contributed by atoms with Crippen LogP contribution in [0.4, 0.5) is 5.69 Å². The van der Waals surface area contributed by atoms with Crippen molar-refractivity contribution in [1.82, 2.24) is 0 Å². The van der Waals surface area contributed by atoms with Crippen LogP contribution in [0.15, 0.2) is 44.4 Å². The zero-order valence-electron chi connectivity index (χ0n) is 9.87. The van der Waals surface area contributed by atoms with Crippen LogP contribution in [0.1, 0.15) is 5.56 Å². The minimum Gasteiger partial charge on any atom is -0.506 e. The summed E-state index contributed by atoms with van der Waals surface area (Å²) in [5.41, 5.74) is 4.08. The van der Waals surface area contributed by atoms with Crippen LogP contribution in [-0.4, -0.2) is 11.3 Å². The molecule has 104 valence electrons. The van der Waals surface area contributed by atoms with E-state index in [4.69, 9.17) is 23.2 Å². The maximum Gasteiger partial charge on any atom is 0.138 e. The van der Waals surface area contributed by atoms with E-state index in [0.29, 0.717) is 25.8 Å². The van der Waals surface area contributed by atoms with Crippen LogP contribution < -0.4 is 5.43 Å². The molecule has 0 aliphatic heterocycles. The Morgan fingerprint density at radius 3 is 2.55 bits per heavy atom. The second-order valence-corrected chi connectivity index (χ2v) is 6.41. The Balaban J connectivity index is 2.16. The number of nitrogens with zero attached hydrogens (tertiary/aromatic N) is 1. The molecule has 2 aromatic carbocycles. The number of phenols is 1. The highest BCUT2D eigenvalue weighted by Gasteiger charge is 2.05. The number of hydrogen-bond donors (Lipinski definition) is 2. The van der Waals surface area contributed by atoms with Gasteiger partial charge in [0.1, 0.15) is 5.75 Å². The van der Waals surface area contributed by atoms with Gasteiger partial charge in [0.15, 0.2) is 0 Å². The second kappa shape index (κ2) is 6.80. The summed E-state index contributed by atoms with van der Waals surface area (Å²) in [6, 6.07) is 8.59. The minimum absolute atomic E-state index is 0.118. The molecule has 2 aromatic rings. The van der Waals surface area contributed by atoms with Crippen molar-refractivity contribution in [3.8, 4) is 5.75 Å². The molecule has 0 aliphatic carbocycles. The van der Waals surface area contributed by atoms with E-state index in [-0.39, 0.29) is 5.75 Å². The Bertz CT molecular complexity index is 678. The topological polar surface area (TPSA) is 44.6 Å². The molecule has 0 fully saturated rings. The van der Waals surface area contributed by atoms with Crippen LogP contribution >= 0.6 is 55.1 Å². The van der Waals surface area contributed by atoms with Gasteiger partial charge in [-0.15, -0.1) is 0 Å². The number of hydrogen-bond acceptors (Lipinski definition) is 3. The van der Waals surface area contributed by atoms with E-state index in [1.54, 1.807) is 30.3 Å². The lowest BCUT2D eigenvalue weighted by Gasteiger charge is -2.04. The van der Waals surface area contributed by atoms with Gasteiger partial charge in [0.05, 0.1) is 26.4 Å². The number of phenolic OH excluding ortho intramolecular Hbond substituents is 1. The lowest BCUT2D eigenvalue weighted by molar-refractivity contribution is 0.471. The molecule has 20 heavy (non-hydrogen) atoms. The third-order valence-corrected chi connectivity index (χ3v) is 4.18. The van der Waals surface area contributed by atoms with E-state index >= 15 is 0 Å². The molecule has 0 atom stereocenters. The molecule has 0 unspecified atom stereocenters. The summed E-state index contributed by atoms with van der Waals surface area (Å²) >= 11 is 18.3. The molecule has 0 bridgehead atoms. The van der Waals surface area contributed by atoms with Crippen molar-refractivity contribution in [3.63, 3.8) is 0 Å². The van der Waals surface area contributed by atoms with Crippen molar-refractivity contribution in [2.45, 2.75) is 0 Å². The molecule has 0 heterocycles. The zero-order chi connectivity index (χ0) is 14.7. The number of benzene rings is 2. The maximum absolute atomic E-state index is 9.87. The third-order valence-electron chi connectivity index (χ3n) is 2.37. The SMILES string of the molecule is Oc1c(Br)cc(Br)cc1C=NNc1ccc(Cl)c(Cl)c1. The molecule has 0 spiro atoms. The zero-order valence-corrected chi connectivity index (χ0v) is 14.6. The number of rotatable bonds is 3. The summed E-state index contributed by atoms with van der Waals surface area (Å²) in [5.74, 6) is 0.118. The Kier molecular flexibility index (Phi) is 5.32. The molecule has 0 saturated carbocycles. The molecule has 0 aliphatic rings. The first kappa shape index (κ1) is 15.6. The van der Waals surface area contributed by atoms with Crippen LogP contribution in [0.25, 0.3) is 0 Å². The van der Waals surface area contributed by atoms with Crippen molar-refractivity contribution in [1.29, 1.82) is 0 Å². The number of hydrazone groups is 1. The summed E-state index contributed by atoms with van der Waals surface area (Å²) in [4.78, 5) is 0. The van der Waals surface area contributed by atoms with Gasteiger partial charge < -0.3 is 5.11 Å². The molecule has 2 N–H and O–H groups in total. The lowest BCUT2D eigenvalue weighted by Crippen LogP contribution is -1.91. The van der Waals surface area contributed by atoms with Gasteiger partial charge in [0.25, 0.3) is 0 Å². The van der Waals surface area contributed by atoms with E-state index in [1.165, 1.54) is 6.21 Å². The van der Waals surface area contributed by atoms with E-state index in [1.807, 2.05) is 0 Å². The number of halogens is 4. The molecule has 0 saturated heterocycles. The molecule has 2 rings (SSSR count). The smallest absolute Gasteiger partial charge is 0.138 e. The van der Waals surface area contributed by atoms with Gasteiger partial charge in [-0.2, -0.15) is 5.10 Å². The largest absolute Gasteiger partial charge is 0.506 e. The molecular formula is C13H8Br2Cl2N2O. The van der Waals surface area contributed by atoms with Gasteiger partial charge in [-0.3, -0.25) is 5.43 Å². The highest BCUT2D eigenvalue weighted by Crippen LogP contribution is 2.30. The fourth-order valence-corrected chi connectivity index (χ4v) is 2.98. The Labute approximate surface area is 142 Å². The molecule has 0 aromatic heterocycles. The van der Waals surface area contributed by atoms with Gasteiger partial charge >= 0.3 is 0 Å². The van der Waals surface area contributed by atoms with Crippen LogP contribution in [-0.2, 0) is 0 Å². The van der Waals surface area contributed by atoms with E-state index in [2.05, 4.69) is 42.4 Å². The number of nitrogens with one attached hydrogen (secondary N) is 1. The average Bonchev–Trinajstić information content (AvgIpc) is 2.39. The van der Waals surface area contributed by atoms with Gasteiger partial charge in [-0.25, -0.2) is 0 Å². The predicted octanol–water partition coefficient (Wildman–Crippen LogP) is 5.67. The van der Waals surface area contributed by atoms with Crippen LogP contribution in [0.2, 0.25) is 10.0 Å². The molecule has 0 amide bonds. The summed E-state index contributed by atoms with van der Waals surface area (Å²) < 4.78 is 1.42. The highest BCUT2D eigenvalue weighted by molar-refractivity contribution is 9.11. The molecule has 7 heteroatoms. The standard InChI is InChI=1S/C13H8Br2Cl2N2O/c14-8-3-7(13(20)10(15)4-8)6-18-19-9-1-2-11(16)12(17)5-9/h1-6,19-20H. The van der Waals surface area contributed by atoms with Gasteiger partial charge in [0, 0.05) is 10.0 Å². The number of anilines is 1. The third kappa shape index (κ3) is 3.88. The van der Waals surface area contributed by atoms with Crippen molar-refractivity contribution in [2.75, 3.05) is 5.43 Å². The van der Waals surface area contributed by atoms with E-state index in [9.17, 15) is 5.11 Å². The van der Waals surface area contributed by atoms with Crippen molar-refractivity contribution in [2.24, 2.45) is 5.10 Å². The summed E-state index contributed by atoms with van der Waals surface area (Å²) in [6.07, 6.45) is 1.51. The van der Waals surface area contributed by atoms with E-state index < -0.39 is 0 Å². The number of aromatic hydroxyl groups is 1. The van der Waals surface area contributed by atoms with Crippen molar-refractivity contribution < 1.29 is 5.11 Å². The predicted molar refractivity (Wildman–Crippen MR) is 91.2 cm³/mol. The minimum atomic E-state index is 0.118. The van der Waals surface area contributed by atoms with Gasteiger partial charge in [0.2, 0.25) is 0 Å². The fraction of sp³-hybridized carbons (Fsp3) is 0. The first-order chi connectivity index (χ1) is 9.47. The average molecular weight is 439 g/mol. The van der Waals surface area contributed by atoms with Gasteiger partial charge in [-0.05, 0) is 46.3 Å². The first-order valence-electron chi connectivity index (χ1n) is 5.39. The molecule has 3 nitrogen and oxygen atoms in total. The Hall–Kier alpha value is -0.750. The lowest BCUT2D eigenvalue weighted by atomic mass is 10.2. The monoisotopic (exact) mass is 436 g/mol.